The molecular formula is C9H13NO4S. The number of esters is 1. The van der Waals surface area contributed by atoms with Crippen LogP contribution in [0, 0.1) is 0 Å². The van der Waals surface area contributed by atoms with E-state index in [1.807, 2.05) is 0 Å². The molecule has 0 saturated carbocycles. The number of imide groups is 1. The molecule has 0 bridgehead atoms. The number of hydrogen-bond donors (Lipinski definition) is 0. The van der Waals surface area contributed by atoms with Gasteiger partial charge in [-0.25, -0.2) is 0 Å². The number of rotatable bonds is 4. The van der Waals surface area contributed by atoms with E-state index >= 15 is 0 Å². The summed E-state index contributed by atoms with van der Waals surface area (Å²) in [5.74, 6) is -0.0511. The summed E-state index contributed by atoms with van der Waals surface area (Å²) in [5.41, 5.74) is 0. The highest BCUT2D eigenvalue weighted by atomic mass is 32.2. The molecule has 0 spiro atoms. The van der Waals surface area contributed by atoms with Gasteiger partial charge in [0.2, 0.25) is 5.91 Å². The van der Waals surface area contributed by atoms with Gasteiger partial charge in [0.1, 0.15) is 0 Å². The third-order valence-electron chi connectivity index (χ3n) is 1.91. The van der Waals surface area contributed by atoms with E-state index in [0.29, 0.717) is 18.8 Å². The Balaban J connectivity index is 2.39. The summed E-state index contributed by atoms with van der Waals surface area (Å²) in [6.45, 7) is 2.16. The molecule has 0 unspecified atom stereocenters. The second-order valence-corrected chi connectivity index (χ2v) is 4.01. The van der Waals surface area contributed by atoms with Gasteiger partial charge in [0.05, 0.1) is 13.0 Å². The first-order valence-corrected chi connectivity index (χ1v) is 5.76. The van der Waals surface area contributed by atoms with Gasteiger partial charge < -0.3 is 4.74 Å². The summed E-state index contributed by atoms with van der Waals surface area (Å²) < 4.78 is 4.71. The molecule has 5 nitrogen and oxygen atoms in total. The number of thioether (sulfide) groups is 1. The Labute approximate surface area is 92.1 Å². The van der Waals surface area contributed by atoms with Gasteiger partial charge in [-0.3, -0.25) is 19.3 Å². The molecule has 0 aromatic carbocycles. The van der Waals surface area contributed by atoms with Crippen molar-refractivity contribution < 1.29 is 19.1 Å². The fraction of sp³-hybridized carbons (Fsp3) is 0.667. The topological polar surface area (TPSA) is 63.7 Å². The molecule has 1 aliphatic rings. The number of carbonyl (C=O) groups excluding carboxylic acids is 3. The van der Waals surface area contributed by atoms with Crippen molar-refractivity contribution in [3.63, 3.8) is 0 Å². The average molecular weight is 231 g/mol. The quantitative estimate of drug-likeness (QED) is 0.676. The van der Waals surface area contributed by atoms with Crippen LogP contribution in [0.15, 0.2) is 0 Å². The first kappa shape index (κ1) is 12.0. The Hall–Kier alpha value is -1.04. The van der Waals surface area contributed by atoms with Crippen molar-refractivity contribution in [2.24, 2.45) is 0 Å². The van der Waals surface area contributed by atoms with E-state index in [9.17, 15) is 14.4 Å². The summed E-state index contributed by atoms with van der Waals surface area (Å²) in [6.07, 6.45) is 0.436. The predicted molar refractivity (Wildman–Crippen MR) is 55.4 cm³/mol. The van der Waals surface area contributed by atoms with Crippen molar-refractivity contribution in [1.29, 1.82) is 0 Å². The molecule has 6 heteroatoms. The average Bonchev–Trinajstić information content (AvgIpc) is 2.17. The minimum absolute atomic E-state index is 0.0753. The van der Waals surface area contributed by atoms with Crippen LogP contribution in [0.2, 0.25) is 0 Å². The number of amides is 2. The van der Waals surface area contributed by atoms with E-state index < -0.39 is 0 Å². The highest BCUT2D eigenvalue weighted by Gasteiger charge is 2.26. The minimum Gasteiger partial charge on any atom is -0.466 e. The zero-order chi connectivity index (χ0) is 11.3. The molecule has 0 aromatic heterocycles. The molecule has 0 N–H and O–H groups in total. The lowest BCUT2D eigenvalue weighted by Crippen LogP contribution is -2.39. The van der Waals surface area contributed by atoms with Crippen LogP contribution in [0.3, 0.4) is 0 Å². The fourth-order valence-electron chi connectivity index (χ4n) is 1.19. The summed E-state index contributed by atoms with van der Waals surface area (Å²) in [6, 6.07) is 0. The SMILES string of the molecule is CCOC(=O)CCN1C(=O)CCSC1=O. The first-order valence-electron chi connectivity index (χ1n) is 4.78. The van der Waals surface area contributed by atoms with E-state index in [4.69, 9.17) is 4.74 Å². The molecule has 0 aliphatic carbocycles. The highest BCUT2D eigenvalue weighted by Crippen LogP contribution is 2.18. The minimum atomic E-state index is -0.381. The Morgan fingerprint density at radius 2 is 2.27 bits per heavy atom. The first-order chi connectivity index (χ1) is 7.15. The summed E-state index contributed by atoms with van der Waals surface area (Å²) in [5, 5.41) is -0.268. The van der Waals surface area contributed by atoms with Crippen LogP contribution in [0.4, 0.5) is 4.79 Å². The van der Waals surface area contributed by atoms with Gasteiger partial charge in [0, 0.05) is 18.7 Å². The van der Waals surface area contributed by atoms with Crippen molar-refractivity contribution in [1.82, 2.24) is 4.90 Å². The third kappa shape index (κ3) is 3.54. The van der Waals surface area contributed by atoms with Gasteiger partial charge in [-0.1, -0.05) is 11.8 Å². The number of ether oxygens (including phenoxy) is 1. The van der Waals surface area contributed by atoms with Crippen LogP contribution < -0.4 is 0 Å². The van der Waals surface area contributed by atoms with Gasteiger partial charge in [-0.2, -0.15) is 0 Å². The molecule has 15 heavy (non-hydrogen) atoms. The fourth-order valence-corrected chi connectivity index (χ4v) is 1.99. The molecule has 0 radical (unpaired) electrons. The van der Waals surface area contributed by atoms with E-state index in [1.54, 1.807) is 6.92 Å². The molecule has 0 atom stereocenters. The largest absolute Gasteiger partial charge is 0.466 e. The van der Waals surface area contributed by atoms with Crippen molar-refractivity contribution in [3.05, 3.63) is 0 Å². The summed E-state index contributed by atoms with van der Waals surface area (Å²) in [4.78, 5) is 34.7. The smallest absolute Gasteiger partial charge is 0.307 e. The molecule has 1 saturated heterocycles. The zero-order valence-corrected chi connectivity index (χ0v) is 9.34. The molecule has 1 heterocycles. The predicted octanol–water partition coefficient (Wildman–Crippen LogP) is 1.03. The Morgan fingerprint density at radius 3 is 2.87 bits per heavy atom. The Bertz CT molecular complexity index is 263. The maximum Gasteiger partial charge on any atom is 0.307 e. The molecule has 2 amide bonds. The molecule has 84 valence electrons. The number of carbonyl (C=O) groups is 3. The molecule has 1 rings (SSSR count). The Morgan fingerprint density at radius 1 is 1.53 bits per heavy atom. The van der Waals surface area contributed by atoms with Crippen molar-refractivity contribution in [3.8, 4) is 0 Å². The highest BCUT2D eigenvalue weighted by molar-refractivity contribution is 8.13. The van der Waals surface area contributed by atoms with E-state index in [1.165, 1.54) is 0 Å². The van der Waals surface area contributed by atoms with Crippen LogP contribution in [0.25, 0.3) is 0 Å². The van der Waals surface area contributed by atoms with Crippen LogP contribution in [-0.2, 0) is 14.3 Å². The van der Waals surface area contributed by atoms with E-state index in [0.717, 1.165) is 16.7 Å². The zero-order valence-electron chi connectivity index (χ0n) is 8.52. The van der Waals surface area contributed by atoms with Crippen LogP contribution in [0.1, 0.15) is 19.8 Å². The standard InChI is InChI=1S/C9H13NO4S/c1-2-14-8(12)3-5-10-7(11)4-6-15-9(10)13/h2-6H2,1H3. The van der Waals surface area contributed by atoms with Gasteiger partial charge in [-0.05, 0) is 6.92 Å². The Kier molecular flexibility index (Phi) is 4.61. The molecule has 1 fully saturated rings. The lowest BCUT2D eigenvalue weighted by molar-refractivity contribution is -0.143. The van der Waals surface area contributed by atoms with Crippen LogP contribution >= 0.6 is 11.8 Å². The van der Waals surface area contributed by atoms with Crippen molar-refractivity contribution in [2.45, 2.75) is 19.8 Å². The molecule has 0 aromatic rings. The second-order valence-electron chi connectivity index (χ2n) is 2.96. The number of hydrogen-bond acceptors (Lipinski definition) is 5. The van der Waals surface area contributed by atoms with Crippen molar-refractivity contribution >= 4 is 28.9 Å². The lowest BCUT2D eigenvalue weighted by atomic mass is 10.3. The summed E-state index contributed by atoms with van der Waals surface area (Å²) in [7, 11) is 0. The van der Waals surface area contributed by atoms with Gasteiger partial charge in [-0.15, -0.1) is 0 Å². The number of nitrogens with zero attached hydrogens (tertiary/aromatic N) is 1. The monoisotopic (exact) mass is 231 g/mol. The third-order valence-corrected chi connectivity index (χ3v) is 2.78. The van der Waals surface area contributed by atoms with Crippen LogP contribution in [-0.4, -0.2) is 40.9 Å². The van der Waals surface area contributed by atoms with E-state index in [2.05, 4.69) is 0 Å². The van der Waals surface area contributed by atoms with E-state index in [-0.39, 0.29) is 30.1 Å². The lowest BCUT2D eigenvalue weighted by Gasteiger charge is -2.23. The molecule has 1 aliphatic heterocycles. The normalized spacial score (nSPS) is 16.7. The van der Waals surface area contributed by atoms with Crippen LogP contribution in [0.5, 0.6) is 0 Å². The van der Waals surface area contributed by atoms with Crippen molar-refractivity contribution in [2.75, 3.05) is 18.9 Å². The maximum absolute atomic E-state index is 11.3. The molecular weight excluding hydrogens is 218 g/mol. The second kappa shape index (κ2) is 5.75. The van der Waals surface area contributed by atoms with Gasteiger partial charge in [0.25, 0.3) is 5.24 Å². The van der Waals surface area contributed by atoms with Gasteiger partial charge in [0.15, 0.2) is 0 Å². The summed E-state index contributed by atoms with van der Waals surface area (Å²) >= 11 is 1.11. The van der Waals surface area contributed by atoms with Gasteiger partial charge >= 0.3 is 5.97 Å². The maximum atomic E-state index is 11.3.